The van der Waals surface area contributed by atoms with E-state index >= 15 is 0 Å². The maximum absolute atomic E-state index is 12.5. The average Bonchev–Trinajstić information content (AvgIpc) is 3.41. The molecule has 0 fully saturated rings. The minimum absolute atomic E-state index is 0.405. The van der Waals surface area contributed by atoms with Crippen LogP contribution in [0.25, 0.3) is 27.8 Å². The highest BCUT2D eigenvalue weighted by molar-refractivity contribution is 6.00. The lowest BCUT2D eigenvalue weighted by Gasteiger charge is -2.09. The zero-order valence-electron chi connectivity index (χ0n) is 18.2. The Morgan fingerprint density at radius 3 is 2.30 bits per heavy atom. The number of nitrogens with one attached hydrogen (secondary N) is 2. The Balaban J connectivity index is 1.27. The number of rotatable bonds is 4. The number of hydrogen-bond donors (Lipinski definition) is 2. The summed E-state index contributed by atoms with van der Waals surface area (Å²) in [4.78, 5) is 34.0. The van der Waals surface area contributed by atoms with E-state index < -0.39 is 11.8 Å². The summed E-state index contributed by atoms with van der Waals surface area (Å²) in [7, 11) is 0. The molecule has 0 aliphatic heterocycles. The van der Waals surface area contributed by atoms with Gasteiger partial charge in [-0.2, -0.15) is 0 Å². The molecule has 33 heavy (non-hydrogen) atoms. The van der Waals surface area contributed by atoms with Gasteiger partial charge in [-0.15, -0.1) is 0 Å². The van der Waals surface area contributed by atoms with Gasteiger partial charge in [0.25, 0.3) is 11.8 Å². The SMILES string of the molecule is CCn1c(C)nc2cc(C(=O)NNC(=O)c3ccc(-n4cnc5ccccc54)cc3)ccc21. The predicted octanol–water partition coefficient (Wildman–Crippen LogP) is 3.78. The minimum Gasteiger partial charge on any atom is -0.329 e. The highest BCUT2D eigenvalue weighted by Crippen LogP contribution is 2.19. The quantitative estimate of drug-likeness (QED) is 0.418. The van der Waals surface area contributed by atoms with Gasteiger partial charge in [-0.1, -0.05) is 12.1 Å². The van der Waals surface area contributed by atoms with Crippen LogP contribution < -0.4 is 10.9 Å². The number of carbonyl (C=O) groups is 2. The fourth-order valence-corrected chi connectivity index (χ4v) is 3.99. The number of hydrazine groups is 1. The van der Waals surface area contributed by atoms with Gasteiger partial charge in [0.1, 0.15) is 12.2 Å². The summed E-state index contributed by atoms with van der Waals surface area (Å²) in [6, 6.07) is 20.2. The summed E-state index contributed by atoms with van der Waals surface area (Å²) in [5, 5.41) is 0. The van der Waals surface area contributed by atoms with Gasteiger partial charge in [0.15, 0.2) is 0 Å². The van der Waals surface area contributed by atoms with Crippen LogP contribution in [0.4, 0.5) is 0 Å². The van der Waals surface area contributed by atoms with Crippen LogP contribution in [-0.4, -0.2) is 30.9 Å². The third kappa shape index (κ3) is 3.71. The fraction of sp³-hybridized carbons (Fsp3) is 0.120. The predicted molar refractivity (Wildman–Crippen MR) is 126 cm³/mol. The average molecular weight is 438 g/mol. The number of benzene rings is 3. The number of amides is 2. The molecule has 0 aliphatic rings. The lowest BCUT2D eigenvalue weighted by molar-refractivity contribution is 0.0847. The van der Waals surface area contributed by atoms with E-state index in [1.807, 2.05) is 54.0 Å². The summed E-state index contributed by atoms with van der Waals surface area (Å²) in [5.74, 6) is 0.0820. The summed E-state index contributed by atoms with van der Waals surface area (Å²) in [6.07, 6.45) is 1.75. The number of para-hydroxylation sites is 2. The van der Waals surface area contributed by atoms with Gasteiger partial charge in [-0.3, -0.25) is 25.0 Å². The van der Waals surface area contributed by atoms with Crippen LogP contribution in [0.3, 0.4) is 0 Å². The monoisotopic (exact) mass is 438 g/mol. The van der Waals surface area contributed by atoms with Gasteiger partial charge in [0, 0.05) is 23.4 Å². The van der Waals surface area contributed by atoms with Crippen molar-refractivity contribution >= 4 is 33.9 Å². The Kier molecular flexibility index (Phi) is 5.10. The molecule has 5 rings (SSSR count). The molecule has 0 atom stereocenters. The first-order valence-corrected chi connectivity index (χ1v) is 10.6. The zero-order chi connectivity index (χ0) is 22.9. The summed E-state index contributed by atoms with van der Waals surface area (Å²) in [6.45, 7) is 4.79. The van der Waals surface area contributed by atoms with Crippen LogP contribution in [0.15, 0.2) is 73.1 Å². The summed E-state index contributed by atoms with van der Waals surface area (Å²) < 4.78 is 4.03. The van der Waals surface area contributed by atoms with E-state index in [1.54, 1.807) is 30.6 Å². The molecule has 2 aromatic heterocycles. The van der Waals surface area contributed by atoms with E-state index in [1.165, 1.54) is 0 Å². The Morgan fingerprint density at radius 2 is 1.55 bits per heavy atom. The van der Waals surface area contributed by atoms with Crippen LogP contribution in [-0.2, 0) is 6.54 Å². The molecule has 5 aromatic rings. The minimum atomic E-state index is -0.407. The first-order chi connectivity index (χ1) is 16.0. The number of aryl methyl sites for hydroxylation is 2. The van der Waals surface area contributed by atoms with Crippen LogP contribution in [0.1, 0.15) is 33.5 Å². The highest BCUT2D eigenvalue weighted by atomic mass is 16.2. The molecule has 3 aromatic carbocycles. The van der Waals surface area contributed by atoms with Crippen molar-refractivity contribution in [3.8, 4) is 5.69 Å². The molecule has 2 N–H and O–H groups in total. The van der Waals surface area contributed by atoms with Crippen molar-refractivity contribution in [2.75, 3.05) is 0 Å². The van der Waals surface area contributed by atoms with Crippen molar-refractivity contribution in [3.05, 3.63) is 90.0 Å². The van der Waals surface area contributed by atoms with E-state index in [2.05, 4.69) is 32.3 Å². The first-order valence-electron chi connectivity index (χ1n) is 10.6. The van der Waals surface area contributed by atoms with E-state index in [4.69, 9.17) is 0 Å². The molecule has 164 valence electrons. The topological polar surface area (TPSA) is 93.8 Å². The van der Waals surface area contributed by atoms with Crippen LogP contribution >= 0.6 is 0 Å². The Morgan fingerprint density at radius 1 is 0.848 bits per heavy atom. The van der Waals surface area contributed by atoms with Crippen molar-refractivity contribution in [2.45, 2.75) is 20.4 Å². The molecule has 0 saturated heterocycles. The van der Waals surface area contributed by atoms with Crippen molar-refractivity contribution in [1.82, 2.24) is 30.0 Å². The maximum Gasteiger partial charge on any atom is 0.269 e. The van der Waals surface area contributed by atoms with E-state index in [-0.39, 0.29) is 0 Å². The molecule has 2 amide bonds. The molecule has 0 spiro atoms. The second-order valence-electron chi connectivity index (χ2n) is 7.67. The third-order valence-corrected chi connectivity index (χ3v) is 5.67. The van der Waals surface area contributed by atoms with Gasteiger partial charge in [-0.05, 0) is 68.4 Å². The van der Waals surface area contributed by atoms with Gasteiger partial charge in [-0.25, -0.2) is 9.97 Å². The van der Waals surface area contributed by atoms with Crippen molar-refractivity contribution in [2.24, 2.45) is 0 Å². The Bertz CT molecular complexity index is 1500. The molecule has 0 bridgehead atoms. The second-order valence-corrected chi connectivity index (χ2v) is 7.67. The van der Waals surface area contributed by atoms with E-state index in [9.17, 15) is 9.59 Å². The van der Waals surface area contributed by atoms with Crippen LogP contribution in [0.5, 0.6) is 0 Å². The molecule has 8 heteroatoms. The molecule has 0 unspecified atom stereocenters. The number of hydrogen-bond acceptors (Lipinski definition) is 4. The largest absolute Gasteiger partial charge is 0.329 e. The molecular weight excluding hydrogens is 416 g/mol. The van der Waals surface area contributed by atoms with Crippen LogP contribution in [0.2, 0.25) is 0 Å². The number of fused-ring (bicyclic) bond motifs is 2. The Labute approximate surface area is 189 Å². The summed E-state index contributed by atoms with van der Waals surface area (Å²) in [5.41, 5.74) is 10.3. The third-order valence-electron chi connectivity index (χ3n) is 5.67. The number of nitrogens with zero attached hydrogens (tertiary/aromatic N) is 4. The number of carbonyl (C=O) groups excluding carboxylic acids is 2. The smallest absolute Gasteiger partial charge is 0.269 e. The molecule has 0 radical (unpaired) electrons. The molecule has 0 aliphatic carbocycles. The lowest BCUT2D eigenvalue weighted by Crippen LogP contribution is -2.41. The van der Waals surface area contributed by atoms with Crippen molar-refractivity contribution in [1.29, 1.82) is 0 Å². The molecular formula is C25H22N6O2. The van der Waals surface area contributed by atoms with E-state index in [0.29, 0.717) is 11.1 Å². The van der Waals surface area contributed by atoms with Gasteiger partial charge >= 0.3 is 0 Å². The summed E-state index contributed by atoms with van der Waals surface area (Å²) >= 11 is 0. The molecule has 8 nitrogen and oxygen atoms in total. The van der Waals surface area contributed by atoms with Gasteiger partial charge in [0.2, 0.25) is 0 Å². The van der Waals surface area contributed by atoms with Gasteiger partial charge in [0.05, 0.1) is 22.1 Å². The van der Waals surface area contributed by atoms with Gasteiger partial charge < -0.3 is 4.57 Å². The fourth-order valence-electron chi connectivity index (χ4n) is 3.99. The first kappa shape index (κ1) is 20.4. The molecule has 0 saturated carbocycles. The van der Waals surface area contributed by atoms with E-state index in [0.717, 1.165) is 40.1 Å². The number of imidazole rings is 2. The maximum atomic E-state index is 12.5. The number of aromatic nitrogens is 4. The van der Waals surface area contributed by atoms with Crippen LogP contribution in [0, 0.1) is 6.92 Å². The lowest BCUT2D eigenvalue weighted by atomic mass is 10.2. The standard InChI is InChI=1S/C25H22N6O2/c1-3-30-16(2)27-21-14-18(10-13-23(21)30)25(33)29-28-24(32)17-8-11-19(12-9-17)31-15-26-20-6-4-5-7-22(20)31/h4-15H,3H2,1-2H3,(H,28,32)(H,29,33). The zero-order valence-corrected chi connectivity index (χ0v) is 18.2. The van der Waals surface area contributed by atoms with Crippen molar-refractivity contribution in [3.63, 3.8) is 0 Å². The highest BCUT2D eigenvalue weighted by Gasteiger charge is 2.13. The normalized spacial score (nSPS) is 11.1. The Hall–Kier alpha value is -4.46. The van der Waals surface area contributed by atoms with Crippen molar-refractivity contribution < 1.29 is 9.59 Å². The molecule has 2 heterocycles. The second kappa shape index (κ2) is 8.23.